The normalized spacial score (nSPS) is 11.9. The van der Waals surface area contributed by atoms with Gasteiger partial charge in [-0.3, -0.25) is 9.48 Å². The molecule has 2 rings (SSSR count). The molecule has 21 heavy (non-hydrogen) atoms. The van der Waals surface area contributed by atoms with Gasteiger partial charge in [-0.2, -0.15) is 5.10 Å². The molecular formula is C12H15N3O4S2. The van der Waals surface area contributed by atoms with Crippen molar-refractivity contribution >= 4 is 27.3 Å². The predicted octanol–water partition coefficient (Wildman–Crippen LogP) is 0.892. The van der Waals surface area contributed by atoms with Crippen molar-refractivity contribution in [1.29, 1.82) is 0 Å². The molecule has 0 atom stereocenters. The van der Waals surface area contributed by atoms with Crippen LogP contribution >= 0.6 is 11.3 Å². The molecule has 0 aromatic carbocycles. The van der Waals surface area contributed by atoms with Crippen molar-refractivity contribution in [3.63, 3.8) is 0 Å². The van der Waals surface area contributed by atoms with Gasteiger partial charge in [-0.1, -0.05) is 6.07 Å². The van der Waals surface area contributed by atoms with Crippen molar-refractivity contribution < 1.29 is 18.3 Å². The maximum atomic E-state index is 12.3. The molecule has 1 N–H and O–H groups in total. The van der Waals surface area contributed by atoms with Gasteiger partial charge in [0.15, 0.2) is 0 Å². The van der Waals surface area contributed by atoms with Crippen molar-refractivity contribution in [3.05, 3.63) is 34.8 Å². The van der Waals surface area contributed by atoms with Gasteiger partial charge in [0.2, 0.25) is 10.0 Å². The molecule has 7 nitrogen and oxygen atoms in total. The smallest absolute Gasteiger partial charge is 0.325 e. The number of hydrogen-bond acceptors (Lipinski definition) is 5. The fourth-order valence-corrected chi connectivity index (χ4v) is 3.55. The van der Waals surface area contributed by atoms with E-state index in [1.807, 2.05) is 17.5 Å². The van der Waals surface area contributed by atoms with E-state index >= 15 is 0 Å². The third kappa shape index (κ3) is 3.90. The lowest BCUT2D eigenvalue weighted by atomic mass is 10.3. The fraction of sp³-hybridized carbons (Fsp3) is 0.333. The molecule has 0 aliphatic heterocycles. The summed E-state index contributed by atoms with van der Waals surface area (Å²) in [4.78, 5) is 11.7. The summed E-state index contributed by atoms with van der Waals surface area (Å²) in [6.07, 6.45) is 3.03. The lowest BCUT2D eigenvalue weighted by Gasteiger charge is -2.15. The van der Waals surface area contributed by atoms with E-state index in [4.69, 9.17) is 5.11 Å². The highest BCUT2D eigenvalue weighted by Crippen LogP contribution is 2.15. The molecule has 0 fully saturated rings. The fourth-order valence-electron chi connectivity index (χ4n) is 1.73. The Morgan fingerprint density at radius 3 is 2.90 bits per heavy atom. The van der Waals surface area contributed by atoms with Crippen molar-refractivity contribution in [2.45, 2.75) is 17.9 Å². The van der Waals surface area contributed by atoms with Gasteiger partial charge < -0.3 is 5.11 Å². The van der Waals surface area contributed by atoms with Crippen LogP contribution in [0.15, 0.2) is 34.8 Å². The number of hydrogen-bond donors (Lipinski definition) is 1. The second-order valence-corrected chi connectivity index (χ2v) is 7.50. The van der Waals surface area contributed by atoms with E-state index in [9.17, 15) is 13.2 Å². The van der Waals surface area contributed by atoms with Gasteiger partial charge in [0.05, 0.1) is 6.20 Å². The molecule has 0 aliphatic rings. The van der Waals surface area contributed by atoms with E-state index in [2.05, 4.69) is 5.10 Å². The van der Waals surface area contributed by atoms with Crippen molar-refractivity contribution in [3.8, 4) is 0 Å². The Morgan fingerprint density at radius 1 is 1.52 bits per heavy atom. The molecule has 0 saturated heterocycles. The van der Waals surface area contributed by atoms with Crippen molar-refractivity contribution in [2.75, 3.05) is 13.6 Å². The zero-order valence-electron chi connectivity index (χ0n) is 11.3. The van der Waals surface area contributed by atoms with E-state index < -0.39 is 16.0 Å². The molecule has 9 heteroatoms. The van der Waals surface area contributed by atoms with E-state index in [-0.39, 0.29) is 11.4 Å². The van der Waals surface area contributed by atoms with Crippen LogP contribution < -0.4 is 0 Å². The second-order valence-electron chi connectivity index (χ2n) is 4.42. The Kier molecular flexibility index (Phi) is 4.76. The third-order valence-corrected chi connectivity index (χ3v) is 5.61. The van der Waals surface area contributed by atoms with Gasteiger partial charge in [-0.15, -0.1) is 11.3 Å². The topological polar surface area (TPSA) is 92.5 Å². The zero-order valence-corrected chi connectivity index (χ0v) is 13.0. The van der Waals surface area contributed by atoms with Gasteiger partial charge in [0, 0.05) is 24.7 Å². The van der Waals surface area contributed by atoms with Crippen LogP contribution in [0.4, 0.5) is 0 Å². The predicted molar refractivity (Wildman–Crippen MR) is 77.7 cm³/mol. The number of aromatic nitrogens is 2. The number of nitrogens with zero attached hydrogens (tertiary/aromatic N) is 3. The van der Waals surface area contributed by atoms with Crippen LogP contribution in [-0.4, -0.2) is 47.2 Å². The Labute approximate surface area is 126 Å². The molecule has 2 aromatic rings. The number of carbonyl (C=O) groups is 1. The largest absolute Gasteiger partial charge is 0.480 e. The Morgan fingerprint density at radius 2 is 2.29 bits per heavy atom. The molecule has 0 spiro atoms. The minimum absolute atomic E-state index is 0.00238. The SMILES string of the molecule is CN(CCc1cccs1)S(=O)(=O)c1cnn(CC(=O)O)c1. The van der Waals surface area contributed by atoms with Crippen LogP contribution in [0.25, 0.3) is 0 Å². The first-order chi connectivity index (χ1) is 9.89. The standard InChI is InChI=1S/C12H15N3O4S2/c1-14(5-4-10-3-2-6-20-10)21(18,19)11-7-13-15(8-11)9-12(16)17/h2-3,6-8H,4-5,9H2,1H3,(H,16,17). The highest BCUT2D eigenvalue weighted by molar-refractivity contribution is 7.89. The maximum absolute atomic E-state index is 12.3. The summed E-state index contributed by atoms with van der Waals surface area (Å²) < 4.78 is 27.0. The van der Waals surface area contributed by atoms with Crippen LogP contribution in [0.1, 0.15) is 4.88 Å². The summed E-state index contributed by atoms with van der Waals surface area (Å²) in [7, 11) is -2.15. The summed E-state index contributed by atoms with van der Waals surface area (Å²) in [6.45, 7) is -0.0125. The van der Waals surface area contributed by atoms with Crippen LogP contribution in [-0.2, 0) is 27.8 Å². The number of carboxylic acids is 1. The number of thiophene rings is 1. The van der Waals surface area contributed by atoms with Crippen molar-refractivity contribution in [1.82, 2.24) is 14.1 Å². The monoisotopic (exact) mass is 329 g/mol. The lowest BCUT2D eigenvalue weighted by molar-refractivity contribution is -0.137. The number of carboxylic acid groups (broad SMARTS) is 1. The van der Waals surface area contributed by atoms with Gasteiger partial charge in [-0.25, -0.2) is 12.7 Å². The Balaban J connectivity index is 2.05. The van der Waals surface area contributed by atoms with E-state index in [1.54, 1.807) is 11.3 Å². The summed E-state index contributed by atoms with van der Waals surface area (Å²) >= 11 is 1.58. The Bertz CT molecular complexity index is 707. The first-order valence-electron chi connectivity index (χ1n) is 6.12. The lowest BCUT2D eigenvalue weighted by Crippen LogP contribution is -2.28. The average molecular weight is 329 g/mol. The van der Waals surface area contributed by atoms with Gasteiger partial charge in [0.25, 0.3) is 0 Å². The van der Waals surface area contributed by atoms with Gasteiger partial charge in [-0.05, 0) is 17.9 Å². The van der Waals surface area contributed by atoms with Crippen LogP contribution in [0.3, 0.4) is 0 Å². The van der Waals surface area contributed by atoms with E-state index in [1.165, 1.54) is 23.7 Å². The summed E-state index contributed by atoms with van der Waals surface area (Å²) in [5.41, 5.74) is 0. The first kappa shape index (κ1) is 15.7. The summed E-state index contributed by atoms with van der Waals surface area (Å²) in [6, 6.07) is 3.88. The number of sulfonamides is 1. The maximum Gasteiger partial charge on any atom is 0.325 e. The summed E-state index contributed by atoms with van der Waals surface area (Å²) in [5, 5.41) is 14.3. The van der Waals surface area contributed by atoms with Gasteiger partial charge >= 0.3 is 5.97 Å². The summed E-state index contributed by atoms with van der Waals surface area (Å²) in [5.74, 6) is -1.08. The minimum Gasteiger partial charge on any atom is -0.480 e. The van der Waals surface area contributed by atoms with E-state index in [0.29, 0.717) is 13.0 Å². The Hall–Kier alpha value is -1.71. The van der Waals surface area contributed by atoms with Gasteiger partial charge in [0.1, 0.15) is 11.4 Å². The number of likely N-dealkylation sites (N-methyl/N-ethyl adjacent to an activating group) is 1. The first-order valence-corrected chi connectivity index (χ1v) is 8.44. The van der Waals surface area contributed by atoms with Crippen LogP contribution in [0, 0.1) is 0 Å². The molecule has 0 bridgehead atoms. The average Bonchev–Trinajstić information content (AvgIpc) is 3.06. The highest BCUT2D eigenvalue weighted by atomic mass is 32.2. The molecule has 2 aromatic heterocycles. The highest BCUT2D eigenvalue weighted by Gasteiger charge is 2.22. The van der Waals surface area contributed by atoms with Crippen molar-refractivity contribution in [2.24, 2.45) is 0 Å². The van der Waals surface area contributed by atoms with Crippen LogP contribution in [0.2, 0.25) is 0 Å². The zero-order chi connectivity index (χ0) is 15.5. The molecule has 0 aliphatic carbocycles. The molecular weight excluding hydrogens is 314 g/mol. The molecule has 114 valence electrons. The number of aliphatic carboxylic acids is 1. The van der Waals surface area contributed by atoms with Crippen LogP contribution in [0.5, 0.6) is 0 Å². The molecule has 0 amide bonds. The quantitative estimate of drug-likeness (QED) is 0.814. The van der Waals surface area contributed by atoms with E-state index in [0.717, 1.165) is 9.56 Å². The molecule has 0 radical (unpaired) electrons. The second kappa shape index (κ2) is 6.37. The minimum atomic E-state index is -3.65. The molecule has 0 unspecified atom stereocenters. The molecule has 0 saturated carbocycles. The molecule has 2 heterocycles. The third-order valence-electron chi connectivity index (χ3n) is 2.87. The number of rotatable bonds is 7.